The van der Waals surface area contributed by atoms with E-state index in [1.165, 1.54) is 44.9 Å². The molecule has 2 aromatic heterocycles. The van der Waals surface area contributed by atoms with Crippen LogP contribution in [0.15, 0.2) is 53.9 Å². The van der Waals surface area contributed by atoms with Crippen molar-refractivity contribution < 1.29 is 22.3 Å². The molecule has 0 atom stereocenters. The molecule has 0 N–H and O–H groups in total. The summed E-state index contributed by atoms with van der Waals surface area (Å²) in [5.74, 6) is -0.536. The number of nitrogens with zero attached hydrogens (tertiary/aromatic N) is 4. The summed E-state index contributed by atoms with van der Waals surface area (Å²) < 4.78 is 51.4. The molecular weight excluding hydrogens is 563 g/mol. The van der Waals surface area contributed by atoms with Crippen molar-refractivity contribution in [2.45, 2.75) is 19.8 Å². The van der Waals surface area contributed by atoms with Crippen molar-refractivity contribution in [3.8, 4) is 22.4 Å². The van der Waals surface area contributed by atoms with Crippen LogP contribution in [0.1, 0.15) is 19.8 Å². The third-order valence-corrected chi connectivity index (χ3v) is 10.8. The van der Waals surface area contributed by atoms with E-state index < -0.39 is 16.0 Å². The number of methoxy groups -OCH3 is 1. The first-order chi connectivity index (χ1) is 19.7. The number of aromatic nitrogens is 1. The molecule has 0 spiro atoms. The molecule has 0 bridgehead atoms. The van der Waals surface area contributed by atoms with Gasteiger partial charge in [0.1, 0.15) is 5.82 Å². The van der Waals surface area contributed by atoms with Gasteiger partial charge in [-0.05, 0) is 54.5 Å². The Morgan fingerprint density at radius 3 is 2.59 bits per heavy atom. The summed E-state index contributed by atoms with van der Waals surface area (Å²) >= 11 is 1.26. The zero-order chi connectivity index (χ0) is 28.9. The zero-order valence-electron chi connectivity index (χ0n) is 22.7. The van der Waals surface area contributed by atoms with Crippen LogP contribution in [0.2, 0.25) is 0 Å². The lowest BCUT2D eigenvalue weighted by molar-refractivity contribution is -0.146. The summed E-state index contributed by atoms with van der Waals surface area (Å²) in [7, 11) is -2.69. The van der Waals surface area contributed by atoms with Crippen molar-refractivity contribution in [3.05, 3.63) is 71.1 Å². The minimum Gasteiger partial charge on any atom is -0.469 e. The van der Waals surface area contributed by atoms with Gasteiger partial charge >= 0.3 is 16.2 Å². The molecule has 41 heavy (non-hydrogen) atoms. The van der Waals surface area contributed by atoms with Gasteiger partial charge < -0.3 is 9.64 Å². The first-order valence-electron chi connectivity index (χ1n) is 13.5. The van der Waals surface area contributed by atoms with E-state index in [1.54, 1.807) is 11.4 Å². The molecule has 4 heterocycles. The molecule has 2 fully saturated rings. The Morgan fingerprint density at radius 1 is 1.12 bits per heavy atom. The molecule has 11 heteroatoms. The number of halogens is 1. The van der Waals surface area contributed by atoms with E-state index in [0.29, 0.717) is 70.4 Å². The lowest BCUT2D eigenvalue weighted by Gasteiger charge is -2.39. The molecule has 8 nitrogen and oxygen atoms in total. The van der Waals surface area contributed by atoms with Crippen molar-refractivity contribution in [3.63, 3.8) is 0 Å². The monoisotopic (exact) mass is 592 g/mol. The fourth-order valence-corrected chi connectivity index (χ4v) is 8.19. The number of ether oxygens (including phenoxy) is 1. The van der Waals surface area contributed by atoms with Crippen LogP contribution in [0.3, 0.4) is 0 Å². The maximum absolute atomic E-state index is 14.8. The van der Waals surface area contributed by atoms with E-state index in [-0.39, 0.29) is 11.9 Å². The number of carbonyl (C=O) groups excluding carboxylic acids is 1. The van der Waals surface area contributed by atoms with Gasteiger partial charge in [0.15, 0.2) is 0 Å². The Labute approximate surface area is 242 Å². The minimum absolute atomic E-state index is 0.220. The maximum atomic E-state index is 14.8. The van der Waals surface area contributed by atoms with Crippen LogP contribution in [-0.4, -0.2) is 56.0 Å². The first-order valence-corrected chi connectivity index (χ1v) is 15.7. The van der Waals surface area contributed by atoms with Crippen LogP contribution in [0.5, 0.6) is 0 Å². The topological polar surface area (TPSA) is 76.2 Å². The lowest BCUT2D eigenvalue weighted by atomic mass is 9.97. The molecule has 0 aliphatic carbocycles. The van der Waals surface area contributed by atoms with Crippen LogP contribution in [-0.2, 0) is 19.7 Å². The summed E-state index contributed by atoms with van der Waals surface area (Å²) in [4.78, 5) is 17.7. The second-order valence-electron chi connectivity index (χ2n) is 10.7. The molecule has 0 radical (unpaired) electrons. The largest absolute Gasteiger partial charge is 0.469 e. The maximum Gasteiger partial charge on any atom is 0.312 e. The van der Waals surface area contributed by atoms with E-state index in [1.807, 2.05) is 29.2 Å². The molecule has 2 saturated heterocycles. The van der Waals surface area contributed by atoms with Gasteiger partial charge in [-0.1, -0.05) is 25.1 Å². The minimum atomic E-state index is -4.06. The van der Waals surface area contributed by atoms with Crippen LogP contribution < -0.4 is 4.90 Å². The number of esters is 1. The standard InChI is InChI=1S/C30H29FN4O4S2/c1-19-9-12-34(13-10-19)41(37,38)35-26-8-7-22(31)16-25(26)27(24-11-14-40-29(24)32-2)28(35)20-5-4-6-23(15-20)33-17-21(18-33)30(36)39-3/h4-8,11,14-16,19,21H,9-10,12-13,17-18H2,1,3H3. The molecule has 2 aromatic carbocycles. The Bertz CT molecular complexity index is 1790. The number of piperidine rings is 1. The third-order valence-electron chi connectivity index (χ3n) is 8.10. The number of hydrogen-bond acceptors (Lipinski definition) is 6. The summed E-state index contributed by atoms with van der Waals surface area (Å²) in [6.07, 6.45) is 1.51. The van der Waals surface area contributed by atoms with Crippen LogP contribution >= 0.6 is 11.3 Å². The highest BCUT2D eigenvalue weighted by Crippen LogP contribution is 2.48. The number of rotatable bonds is 6. The highest BCUT2D eigenvalue weighted by atomic mass is 32.2. The van der Waals surface area contributed by atoms with Gasteiger partial charge in [-0.25, -0.2) is 13.2 Å². The number of carbonyl (C=O) groups is 1. The molecule has 0 amide bonds. The van der Waals surface area contributed by atoms with Gasteiger partial charge in [0, 0.05) is 53.9 Å². The number of fused-ring (bicyclic) bond motifs is 1. The SMILES string of the molecule is [C-]#[N+]c1sccc1-c1c(-c2cccc(N3CC(C(=O)OC)C3)c2)n(S(=O)(=O)N2CCC(C)CC2)c2ccc(F)cc12. The molecular formula is C30H29FN4O4S2. The van der Waals surface area contributed by atoms with Gasteiger partial charge in [0.25, 0.3) is 0 Å². The molecule has 2 aliphatic rings. The van der Waals surface area contributed by atoms with E-state index in [4.69, 9.17) is 11.3 Å². The number of anilines is 1. The normalized spacial score (nSPS) is 17.0. The van der Waals surface area contributed by atoms with E-state index >= 15 is 0 Å². The van der Waals surface area contributed by atoms with Gasteiger partial charge in [-0.15, -0.1) is 0 Å². The molecule has 2 aliphatic heterocycles. The van der Waals surface area contributed by atoms with Crippen molar-refractivity contribution in [1.29, 1.82) is 0 Å². The zero-order valence-corrected chi connectivity index (χ0v) is 24.3. The number of thiophene rings is 1. The average Bonchev–Trinajstić information content (AvgIpc) is 3.54. The summed E-state index contributed by atoms with van der Waals surface area (Å²) in [5.41, 5.74) is 3.27. The van der Waals surface area contributed by atoms with Gasteiger partial charge in [-0.3, -0.25) is 4.79 Å². The van der Waals surface area contributed by atoms with E-state index in [9.17, 15) is 17.6 Å². The summed E-state index contributed by atoms with van der Waals surface area (Å²) in [6.45, 7) is 11.7. The second kappa shape index (κ2) is 10.6. The Morgan fingerprint density at radius 2 is 1.88 bits per heavy atom. The predicted octanol–water partition coefficient (Wildman–Crippen LogP) is 6.16. The molecule has 212 valence electrons. The van der Waals surface area contributed by atoms with Gasteiger partial charge in [0.05, 0.1) is 30.8 Å². The van der Waals surface area contributed by atoms with Crippen molar-refractivity contribution in [1.82, 2.24) is 8.28 Å². The number of hydrogen-bond donors (Lipinski definition) is 0. The molecule has 0 unspecified atom stereocenters. The Kier molecular flexibility index (Phi) is 7.09. The Hall–Kier alpha value is -3.72. The smallest absolute Gasteiger partial charge is 0.312 e. The second-order valence-corrected chi connectivity index (χ2v) is 13.3. The van der Waals surface area contributed by atoms with Crippen LogP contribution in [0.4, 0.5) is 15.1 Å². The fourth-order valence-electron chi connectivity index (χ4n) is 5.77. The molecule has 6 rings (SSSR count). The molecule has 4 aromatic rings. The first kappa shape index (κ1) is 27.4. The van der Waals surface area contributed by atoms with Crippen molar-refractivity contribution in [2.24, 2.45) is 11.8 Å². The Balaban J connectivity index is 1.59. The average molecular weight is 593 g/mol. The summed E-state index contributed by atoms with van der Waals surface area (Å²) in [5, 5.41) is 2.62. The highest BCUT2D eigenvalue weighted by Gasteiger charge is 2.36. The van der Waals surface area contributed by atoms with Crippen molar-refractivity contribution >= 4 is 49.1 Å². The van der Waals surface area contributed by atoms with E-state index in [2.05, 4.69) is 11.8 Å². The molecule has 0 saturated carbocycles. The van der Waals surface area contributed by atoms with Gasteiger partial charge in [0.2, 0.25) is 5.00 Å². The highest BCUT2D eigenvalue weighted by molar-refractivity contribution is 7.87. The van der Waals surface area contributed by atoms with Crippen LogP contribution in [0, 0.1) is 24.2 Å². The van der Waals surface area contributed by atoms with E-state index in [0.717, 1.165) is 18.5 Å². The quantitative estimate of drug-likeness (QED) is 0.198. The van der Waals surface area contributed by atoms with Crippen LogP contribution in [0.25, 0.3) is 38.1 Å². The fraction of sp³-hybridized carbons (Fsp3) is 0.333. The summed E-state index contributed by atoms with van der Waals surface area (Å²) in [6, 6.07) is 13.4. The van der Waals surface area contributed by atoms with Crippen molar-refractivity contribution in [2.75, 3.05) is 38.2 Å². The third kappa shape index (κ3) is 4.70. The lowest BCUT2D eigenvalue weighted by Crippen LogP contribution is -2.50. The number of benzene rings is 2. The van der Waals surface area contributed by atoms with Gasteiger partial charge in [-0.2, -0.15) is 24.1 Å². The predicted molar refractivity (Wildman–Crippen MR) is 159 cm³/mol.